The van der Waals surface area contributed by atoms with Crippen LogP contribution < -0.4 is 4.90 Å². The van der Waals surface area contributed by atoms with Crippen molar-refractivity contribution >= 4 is 5.69 Å². The summed E-state index contributed by atoms with van der Waals surface area (Å²) in [5, 5.41) is 9.38. The summed E-state index contributed by atoms with van der Waals surface area (Å²) in [6.07, 6.45) is 4.59. The summed E-state index contributed by atoms with van der Waals surface area (Å²) in [4.78, 5) is 2.50. The molecule has 1 aromatic carbocycles. The van der Waals surface area contributed by atoms with Crippen LogP contribution >= 0.6 is 0 Å². The molecule has 18 heavy (non-hydrogen) atoms. The van der Waals surface area contributed by atoms with Gasteiger partial charge in [0, 0.05) is 18.3 Å². The molecule has 3 atom stereocenters. The number of rotatable bonds is 1. The number of nitrogens with zero attached hydrogens (tertiary/aromatic N) is 2. The van der Waals surface area contributed by atoms with Crippen molar-refractivity contribution in [2.75, 3.05) is 11.4 Å². The average Bonchev–Trinajstić information content (AvgIpc) is 2.82. The maximum absolute atomic E-state index is 9.38. The summed E-state index contributed by atoms with van der Waals surface area (Å²) < 4.78 is 0. The second-order valence-corrected chi connectivity index (χ2v) is 5.79. The van der Waals surface area contributed by atoms with Gasteiger partial charge in [0.1, 0.15) is 0 Å². The van der Waals surface area contributed by atoms with Gasteiger partial charge in [0.15, 0.2) is 0 Å². The molecule has 0 radical (unpaired) electrons. The molecule has 2 aliphatic rings. The summed E-state index contributed by atoms with van der Waals surface area (Å²) >= 11 is 0. The number of hydrogen-bond donors (Lipinski definition) is 0. The van der Waals surface area contributed by atoms with Crippen LogP contribution in [0.2, 0.25) is 0 Å². The van der Waals surface area contributed by atoms with Gasteiger partial charge in [-0.15, -0.1) is 0 Å². The third kappa shape index (κ3) is 1.88. The molecule has 1 heterocycles. The Hall–Kier alpha value is -1.49. The fourth-order valence-electron chi connectivity index (χ4n) is 3.55. The van der Waals surface area contributed by atoms with E-state index in [2.05, 4.69) is 42.2 Å². The van der Waals surface area contributed by atoms with Gasteiger partial charge in [-0.2, -0.15) is 5.26 Å². The molecule has 0 bridgehead atoms. The summed E-state index contributed by atoms with van der Waals surface area (Å²) in [6.45, 7) is 3.41. The minimum Gasteiger partial charge on any atom is -0.367 e. The van der Waals surface area contributed by atoms with E-state index in [0.717, 1.165) is 25.3 Å². The number of hydrogen-bond acceptors (Lipinski definition) is 2. The van der Waals surface area contributed by atoms with Gasteiger partial charge >= 0.3 is 0 Å². The van der Waals surface area contributed by atoms with Crippen LogP contribution in [0, 0.1) is 23.2 Å². The highest BCUT2D eigenvalue weighted by atomic mass is 15.2. The number of nitriles is 1. The second-order valence-electron chi connectivity index (χ2n) is 5.79. The molecule has 1 aromatic rings. The standard InChI is InChI=1S/C16H20N2/c1-12-6-7-14(11-17)16(10-12)18-9-8-13-4-2-3-5-15(13)18/h2-5,12,14,16H,6-10H2,1H3. The number of benzene rings is 1. The van der Waals surface area contributed by atoms with Crippen LogP contribution in [0.4, 0.5) is 5.69 Å². The first kappa shape index (κ1) is 11.6. The zero-order chi connectivity index (χ0) is 12.5. The van der Waals surface area contributed by atoms with Crippen LogP contribution in [0.5, 0.6) is 0 Å². The number of anilines is 1. The van der Waals surface area contributed by atoms with E-state index in [9.17, 15) is 5.26 Å². The van der Waals surface area contributed by atoms with Gasteiger partial charge in [0.25, 0.3) is 0 Å². The zero-order valence-electron chi connectivity index (χ0n) is 11.0. The van der Waals surface area contributed by atoms with Crippen molar-refractivity contribution < 1.29 is 0 Å². The second kappa shape index (κ2) is 4.65. The molecular weight excluding hydrogens is 220 g/mol. The van der Waals surface area contributed by atoms with Gasteiger partial charge in [-0.25, -0.2) is 0 Å². The molecule has 2 nitrogen and oxygen atoms in total. The van der Waals surface area contributed by atoms with Crippen molar-refractivity contribution in [3.8, 4) is 6.07 Å². The maximum atomic E-state index is 9.38. The SMILES string of the molecule is CC1CCC(C#N)C(N2CCc3ccccc32)C1. The van der Waals surface area contributed by atoms with Gasteiger partial charge in [0.2, 0.25) is 0 Å². The molecule has 0 amide bonds. The van der Waals surface area contributed by atoms with Crippen molar-refractivity contribution in [2.24, 2.45) is 11.8 Å². The lowest BCUT2D eigenvalue weighted by Gasteiger charge is -2.39. The lowest BCUT2D eigenvalue weighted by Crippen LogP contribution is -2.43. The largest absolute Gasteiger partial charge is 0.367 e. The first-order chi connectivity index (χ1) is 8.79. The van der Waals surface area contributed by atoms with Crippen LogP contribution in [0.1, 0.15) is 31.7 Å². The van der Waals surface area contributed by atoms with Crippen LogP contribution in [-0.4, -0.2) is 12.6 Å². The highest BCUT2D eigenvalue weighted by molar-refractivity contribution is 5.59. The molecule has 2 heteroatoms. The third-order valence-corrected chi connectivity index (χ3v) is 4.57. The number of para-hydroxylation sites is 1. The minimum atomic E-state index is 0.215. The normalized spacial score (nSPS) is 30.9. The zero-order valence-corrected chi connectivity index (χ0v) is 11.0. The summed E-state index contributed by atoms with van der Waals surface area (Å²) in [6, 6.07) is 11.7. The van der Waals surface area contributed by atoms with Crippen molar-refractivity contribution in [3.05, 3.63) is 29.8 Å². The minimum absolute atomic E-state index is 0.215. The fourth-order valence-corrected chi connectivity index (χ4v) is 3.55. The molecule has 94 valence electrons. The third-order valence-electron chi connectivity index (χ3n) is 4.57. The molecule has 0 saturated heterocycles. The monoisotopic (exact) mass is 240 g/mol. The molecule has 1 aliphatic heterocycles. The molecule has 1 saturated carbocycles. The molecule has 3 unspecified atom stereocenters. The van der Waals surface area contributed by atoms with Crippen LogP contribution in [-0.2, 0) is 6.42 Å². The van der Waals surface area contributed by atoms with Crippen LogP contribution in [0.15, 0.2) is 24.3 Å². The predicted molar refractivity (Wildman–Crippen MR) is 73.4 cm³/mol. The summed E-state index contributed by atoms with van der Waals surface area (Å²) in [5.74, 6) is 0.972. The topological polar surface area (TPSA) is 27.0 Å². The van der Waals surface area contributed by atoms with E-state index in [-0.39, 0.29) is 5.92 Å². The van der Waals surface area contributed by atoms with Gasteiger partial charge < -0.3 is 4.90 Å². The number of fused-ring (bicyclic) bond motifs is 1. The lowest BCUT2D eigenvalue weighted by atomic mass is 9.79. The van der Waals surface area contributed by atoms with E-state index in [4.69, 9.17) is 0 Å². The van der Waals surface area contributed by atoms with E-state index in [1.807, 2.05) is 0 Å². The van der Waals surface area contributed by atoms with E-state index in [1.54, 1.807) is 0 Å². The summed E-state index contributed by atoms with van der Waals surface area (Å²) in [7, 11) is 0. The molecule has 0 N–H and O–H groups in total. The Bertz CT molecular complexity index is 474. The average molecular weight is 240 g/mol. The Labute approximate surface area is 109 Å². The predicted octanol–water partition coefficient (Wildman–Crippen LogP) is 3.38. The highest BCUT2D eigenvalue weighted by Gasteiger charge is 2.35. The quantitative estimate of drug-likeness (QED) is 0.752. The molecule has 0 aromatic heterocycles. The highest BCUT2D eigenvalue weighted by Crippen LogP contribution is 2.38. The van der Waals surface area contributed by atoms with E-state index in [1.165, 1.54) is 24.1 Å². The first-order valence-corrected chi connectivity index (χ1v) is 7.03. The van der Waals surface area contributed by atoms with Crippen LogP contribution in [0.25, 0.3) is 0 Å². The van der Waals surface area contributed by atoms with Crippen molar-refractivity contribution in [3.63, 3.8) is 0 Å². The van der Waals surface area contributed by atoms with Crippen molar-refractivity contribution in [1.82, 2.24) is 0 Å². The Morgan fingerprint density at radius 2 is 2.11 bits per heavy atom. The van der Waals surface area contributed by atoms with E-state index < -0.39 is 0 Å². The van der Waals surface area contributed by atoms with Gasteiger partial charge in [-0.05, 0) is 43.2 Å². The fraction of sp³-hybridized carbons (Fsp3) is 0.562. The molecule has 1 aliphatic carbocycles. The van der Waals surface area contributed by atoms with Crippen molar-refractivity contribution in [1.29, 1.82) is 5.26 Å². The maximum Gasteiger partial charge on any atom is 0.0677 e. The lowest BCUT2D eigenvalue weighted by molar-refractivity contribution is 0.283. The van der Waals surface area contributed by atoms with E-state index in [0.29, 0.717) is 6.04 Å². The molecule has 0 spiro atoms. The molecule has 1 fully saturated rings. The Kier molecular flexibility index (Phi) is 2.99. The van der Waals surface area contributed by atoms with Crippen LogP contribution in [0.3, 0.4) is 0 Å². The molecular formula is C16H20N2. The smallest absolute Gasteiger partial charge is 0.0677 e. The Morgan fingerprint density at radius 3 is 2.94 bits per heavy atom. The van der Waals surface area contributed by atoms with Gasteiger partial charge in [0.05, 0.1) is 12.0 Å². The van der Waals surface area contributed by atoms with Gasteiger partial charge in [-0.3, -0.25) is 0 Å². The first-order valence-electron chi connectivity index (χ1n) is 7.03. The van der Waals surface area contributed by atoms with E-state index >= 15 is 0 Å². The summed E-state index contributed by atoms with van der Waals surface area (Å²) in [5.41, 5.74) is 2.82. The van der Waals surface area contributed by atoms with Gasteiger partial charge in [-0.1, -0.05) is 25.1 Å². The Balaban J connectivity index is 1.88. The van der Waals surface area contributed by atoms with Crippen molar-refractivity contribution in [2.45, 2.75) is 38.6 Å². The molecule has 3 rings (SSSR count). The Morgan fingerprint density at radius 1 is 1.28 bits per heavy atom.